The summed E-state index contributed by atoms with van der Waals surface area (Å²) in [5.74, 6) is -0.602. The molecule has 0 saturated carbocycles. The molecule has 28 heavy (non-hydrogen) atoms. The molecule has 2 aromatic carbocycles. The van der Waals surface area contributed by atoms with Crippen LogP contribution in [0.2, 0.25) is 10.0 Å². The zero-order valence-electron chi connectivity index (χ0n) is 15.0. The molecule has 0 spiro atoms. The Morgan fingerprint density at radius 2 is 1.68 bits per heavy atom. The van der Waals surface area contributed by atoms with E-state index in [1.165, 1.54) is 11.2 Å². The third kappa shape index (κ3) is 4.38. The molecule has 1 aromatic heterocycles. The maximum absolute atomic E-state index is 13.0. The number of furan rings is 1. The number of halogens is 2. The average molecular weight is 418 g/mol. The van der Waals surface area contributed by atoms with Gasteiger partial charge in [-0.05, 0) is 55.5 Å². The molecule has 0 saturated heterocycles. The van der Waals surface area contributed by atoms with Gasteiger partial charge in [-0.3, -0.25) is 4.79 Å². The van der Waals surface area contributed by atoms with E-state index < -0.39 is 5.97 Å². The van der Waals surface area contributed by atoms with Gasteiger partial charge in [-0.25, -0.2) is 4.79 Å². The lowest BCUT2D eigenvalue weighted by Crippen LogP contribution is -2.30. The zero-order chi connectivity index (χ0) is 20.1. The summed E-state index contributed by atoms with van der Waals surface area (Å²) in [6, 6.07) is 14.9. The molecule has 0 aliphatic rings. The molecule has 5 nitrogen and oxygen atoms in total. The highest BCUT2D eigenvalue weighted by atomic mass is 35.5. The third-order valence-electron chi connectivity index (χ3n) is 4.05. The Bertz CT molecular complexity index is 948. The number of carbonyl (C=O) groups excluding carboxylic acids is 2. The summed E-state index contributed by atoms with van der Waals surface area (Å²) in [6.07, 6.45) is 1.43. The maximum atomic E-state index is 13.0. The van der Waals surface area contributed by atoms with Gasteiger partial charge >= 0.3 is 5.97 Å². The minimum absolute atomic E-state index is 0.136. The number of carbonyl (C=O) groups is 2. The van der Waals surface area contributed by atoms with Crippen molar-refractivity contribution in [1.29, 1.82) is 0 Å². The molecule has 0 aliphatic heterocycles. The van der Waals surface area contributed by atoms with Crippen LogP contribution in [0.5, 0.6) is 0 Å². The fourth-order valence-corrected chi connectivity index (χ4v) is 3.16. The minimum Gasteiger partial charge on any atom is -0.462 e. The van der Waals surface area contributed by atoms with Crippen LogP contribution in [-0.4, -0.2) is 18.5 Å². The molecular weight excluding hydrogens is 401 g/mol. The largest absolute Gasteiger partial charge is 0.462 e. The van der Waals surface area contributed by atoms with Gasteiger partial charge in [0.05, 0.1) is 25.0 Å². The van der Waals surface area contributed by atoms with Crippen LogP contribution in [0, 0.1) is 0 Å². The summed E-state index contributed by atoms with van der Waals surface area (Å²) in [4.78, 5) is 26.4. The molecule has 0 aliphatic carbocycles. The summed E-state index contributed by atoms with van der Waals surface area (Å²) in [5, 5.41) is 0.903. The Labute approximate surface area is 172 Å². The second-order valence-corrected chi connectivity index (χ2v) is 6.65. The monoisotopic (exact) mass is 417 g/mol. The first-order chi connectivity index (χ1) is 13.5. The highest BCUT2D eigenvalue weighted by molar-refractivity contribution is 6.36. The van der Waals surface area contributed by atoms with E-state index in [-0.39, 0.29) is 24.8 Å². The Kier molecular flexibility index (Phi) is 6.39. The van der Waals surface area contributed by atoms with Crippen molar-refractivity contribution in [1.82, 2.24) is 0 Å². The van der Waals surface area contributed by atoms with Crippen LogP contribution in [0.4, 0.5) is 5.69 Å². The van der Waals surface area contributed by atoms with Crippen LogP contribution in [0.3, 0.4) is 0 Å². The zero-order valence-corrected chi connectivity index (χ0v) is 16.5. The van der Waals surface area contributed by atoms with Crippen LogP contribution >= 0.6 is 23.2 Å². The molecule has 1 heterocycles. The van der Waals surface area contributed by atoms with Crippen LogP contribution < -0.4 is 4.90 Å². The molecule has 1 amide bonds. The van der Waals surface area contributed by atoms with Gasteiger partial charge in [-0.15, -0.1) is 0 Å². The van der Waals surface area contributed by atoms with Crippen molar-refractivity contribution in [3.8, 4) is 0 Å². The van der Waals surface area contributed by atoms with E-state index in [0.29, 0.717) is 26.9 Å². The summed E-state index contributed by atoms with van der Waals surface area (Å²) >= 11 is 12.6. The standard InChI is InChI=1S/C21H17Cl2NO4/c1-2-27-21(26)14-8-10-15(11-9-14)24(20(25)19-7-4-12-28-19)13-16-17(22)5-3-6-18(16)23/h3-12H,2,13H2,1H3. The second kappa shape index (κ2) is 8.95. The van der Waals surface area contributed by atoms with Crippen LogP contribution in [0.1, 0.15) is 33.4 Å². The molecule has 0 N–H and O–H groups in total. The normalized spacial score (nSPS) is 10.5. The summed E-state index contributed by atoms with van der Waals surface area (Å²) in [7, 11) is 0. The molecule has 0 radical (unpaired) electrons. The number of amides is 1. The van der Waals surface area contributed by atoms with E-state index in [2.05, 4.69) is 0 Å². The Morgan fingerprint density at radius 3 is 2.25 bits per heavy atom. The van der Waals surface area contributed by atoms with Gasteiger partial charge < -0.3 is 14.1 Å². The summed E-state index contributed by atoms with van der Waals surface area (Å²) in [6.45, 7) is 2.16. The Hall–Kier alpha value is -2.76. The van der Waals surface area contributed by atoms with Crippen molar-refractivity contribution < 1.29 is 18.7 Å². The van der Waals surface area contributed by atoms with E-state index in [0.717, 1.165) is 0 Å². The average Bonchev–Trinajstić information content (AvgIpc) is 3.23. The second-order valence-electron chi connectivity index (χ2n) is 5.84. The van der Waals surface area contributed by atoms with E-state index in [4.69, 9.17) is 32.4 Å². The lowest BCUT2D eigenvalue weighted by Gasteiger charge is -2.23. The number of nitrogens with zero attached hydrogens (tertiary/aromatic N) is 1. The van der Waals surface area contributed by atoms with E-state index >= 15 is 0 Å². The predicted octanol–water partition coefficient (Wildman–Crippen LogP) is 5.61. The number of benzene rings is 2. The Balaban J connectivity index is 1.97. The van der Waals surface area contributed by atoms with Crippen LogP contribution in [0.15, 0.2) is 65.3 Å². The Morgan fingerprint density at radius 1 is 1.00 bits per heavy atom. The van der Waals surface area contributed by atoms with Gasteiger partial charge in [-0.2, -0.15) is 0 Å². The first-order valence-corrected chi connectivity index (χ1v) is 9.32. The fourth-order valence-electron chi connectivity index (χ4n) is 2.65. The molecular formula is C21H17Cl2NO4. The topological polar surface area (TPSA) is 59.8 Å². The first-order valence-electron chi connectivity index (χ1n) is 8.56. The van der Waals surface area contributed by atoms with Gasteiger partial charge in [0.2, 0.25) is 0 Å². The molecule has 3 aromatic rings. The molecule has 0 fully saturated rings. The van der Waals surface area contributed by atoms with E-state index in [1.54, 1.807) is 61.5 Å². The van der Waals surface area contributed by atoms with Gasteiger partial charge in [0.25, 0.3) is 5.91 Å². The molecule has 7 heteroatoms. The van der Waals surface area contributed by atoms with Gasteiger partial charge in [0.15, 0.2) is 5.76 Å². The van der Waals surface area contributed by atoms with Crippen molar-refractivity contribution in [3.05, 3.63) is 87.8 Å². The van der Waals surface area contributed by atoms with Crippen molar-refractivity contribution >= 4 is 40.8 Å². The summed E-state index contributed by atoms with van der Waals surface area (Å²) < 4.78 is 10.3. The van der Waals surface area contributed by atoms with Crippen LogP contribution in [-0.2, 0) is 11.3 Å². The SMILES string of the molecule is CCOC(=O)c1ccc(N(Cc2c(Cl)cccc2Cl)C(=O)c2ccco2)cc1. The number of anilines is 1. The van der Waals surface area contributed by atoms with Crippen molar-refractivity contribution in [2.24, 2.45) is 0 Å². The number of hydrogen-bond donors (Lipinski definition) is 0. The number of hydrogen-bond acceptors (Lipinski definition) is 4. The minimum atomic E-state index is -0.424. The molecule has 0 atom stereocenters. The highest BCUT2D eigenvalue weighted by Crippen LogP contribution is 2.29. The van der Waals surface area contributed by atoms with E-state index in [9.17, 15) is 9.59 Å². The number of ether oxygens (including phenoxy) is 1. The first kappa shape index (κ1) is 20.0. The fraction of sp³-hybridized carbons (Fsp3) is 0.143. The van der Waals surface area contributed by atoms with Gasteiger partial charge in [-0.1, -0.05) is 29.3 Å². The third-order valence-corrected chi connectivity index (χ3v) is 4.75. The van der Waals surface area contributed by atoms with E-state index in [1.807, 2.05) is 0 Å². The van der Waals surface area contributed by atoms with Gasteiger partial charge in [0, 0.05) is 21.3 Å². The lowest BCUT2D eigenvalue weighted by molar-refractivity contribution is 0.0526. The van der Waals surface area contributed by atoms with Gasteiger partial charge in [0.1, 0.15) is 0 Å². The smallest absolute Gasteiger partial charge is 0.338 e. The lowest BCUT2D eigenvalue weighted by atomic mass is 10.1. The van der Waals surface area contributed by atoms with Crippen LogP contribution in [0.25, 0.3) is 0 Å². The number of esters is 1. The van der Waals surface area contributed by atoms with Crippen molar-refractivity contribution in [3.63, 3.8) is 0 Å². The molecule has 3 rings (SSSR count). The highest BCUT2D eigenvalue weighted by Gasteiger charge is 2.23. The summed E-state index contributed by atoms with van der Waals surface area (Å²) in [5.41, 5.74) is 1.57. The molecule has 0 unspecified atom stereocenters. The molecule has 0 bridgehead atoms. The quantitative estimate of drug-likeness (QED) is 0.489. The predicted molar refractivity (Wildman–Crippen MR) is 108 cm³/mol. The van der Waals surface area contributed by atoms with Crippen molar-refractivity contribution in [2.75, 3.05) is 11.5 Å². The molecule has 144 valence electrons. The maximum Gasteiger partial charge on any atom is 0.338 e. The number of rotatable bonds is 6. The van der Waals surface area contributed by atoms with Crippen molar-refractivity contribution in [2.45, 2.75) is 13.5 Å².